The molecule has 2 rings (SSSR count). The highest BCUT2D eigenvalue weighted by molar-refractivity contribution is 5.76. The molecule has 0 radical (unpaired) electrons. The molecule has 0 saturated carbocycles. The zero-order chi connectivity index (χ0) is 17.1. The lowest BCUT2D eigenvalue weighted by atomic mass is 9.90. The second-order valence-corrected chi connectivity index (χ2v) is 5.79. The van der Waals surface area contributed by atoms with E-state index < -0.39 is 0 Å². The Kier molecular flexibility index (Phi) is 5.24. The Balaban J connectivity index is 2.92. The molecule has 0 atom stereocenters. The van der Waals surface area contributed by atoms with Crippen molar-refractivity contribution in [2.24, 2.45) is 7.05 Å². The zero-order valence-corrected chi connectivity index (χ0v) is 15.0. The van der Waals surface area contributed by atoms with Crippen LogP contribution in [0.25, 0.3) is 11.1 Å². The highest BCUT2D eigenvalue weighted by Gasteiger charge is 2.21. The van der Waals surface area contributed by atoms with E-state index >= 15 is 0 Å². The molecule has 0 saturated heterocycles. The minimum Gasteiger partial charge on any atom is -0.494 e. The first-order valence-corrected chi connectivity index (χ1v) is 8.25. The Morgan fingerprint density at radius 2 is 1.78 bits per heavy atom. The monoisotopic (exact) mass is 314 g/mol. The van der Waals surface area contributed by atoms with E-state index in [0.29, 0.717) is 11.3 Å². The molecular formula is C19H26N2O2. The first kappa shape index (κ1) is 17.3. The SMILES string of the molecule is CCc1cc(C)c(-c2c(OC)c(CC)nn(C)c2=O)c(CC)c1. The molecule has 0 aliphatic rings. The van der Waals surface area contributed by atoms with Crippen LogP contribution in [0.5, 0.6) is 5.75 Å². The lowest BCUT2D eigenvalue weighted by Gasteiger charge is -2.18. The Morgan fingerprint density at radius 1 is 1.09 bits per heavy atom. The van der Waals surface area contributed by atoms with Crippen LogP contribution in [0.4, 0.5) is 0 Å². The molecule has 0 spiro atoms. The lowest BCUT2D eigenvalue weighted by Crippen LogP contribution is -2.24. The minimum absolute atomic E-state index is 0.110. The standard InChI is InChI=1S/C19H26N2O2/c1-7-13-10-12(4)16(14(8-2)11-13)17-18(23-6)15(9-3)20-21(5)19(17)22/h10-11H,7-9H2,1-6H3. The van der Waals surface area contributed by atoms with Gasteiger partial charge in [0.2, 0.25) is 0 Å². The van der Waals surface area contributed by atoms with Gasteiger partial charge < -0.3 is 4.74 Å². The fraction of sp³-hybridized carbons (Fsp3) is 0.474. The van der Waals surface area contributed by atoms with Crippen LogP contribution in [0.15, 0.2) is 16.9 Å². The van der Waals surface area contributed by atoms with Crippen LogP contribution in [-0.4, -0.2) is 16.9 Å². The van der Waals surface area contributed by atoms with Crippen molar-refractivity contribution in [3.63, 3.8) is 0 Å². The van der Waals surface area contributed by atoms with Gasteiger partial charge in [-0.2, -0.15) is 5.10 Å². The van der Waals surface area contributed by atoms with Gasteiger partial charge in [0.15, 0.2) is 5.75 Å². The Labute approximate surface area is 138 Å². The average Bonchev–Trinajstić information content (AvgIpc) is 2.56. The molecule has 0 unspecified atom stereocenters. The van der Waals surface area contributed by atoms with Crippen molar-refractivity contribution in [3.05, 3.63) is 44.9 Å². The van der Waals surface area contributed by atoms with Gasteiger partial charge in [0.05, 0.1) is 12.7 Å². The largest absolute Gasteiger partial charge is 0.494 e. The summed E-state index contributed by atoms with van der Waals surface area (Å²) in [6.07, 6.45) is 2.58. The second-order valence-electron chi connectivity index (χ2n) is 5.79. The molecule has 124 valence electrons. The molecule has 4 nitrogen and oxygen atoms in total. The number of hydrogen-bond donors (Lipinski definition) is 0. The maximum Gasteiger partial charge on any atom is 0.278 e. The zero-order valence-electron chi connectivity index (χ0n) is 15.0. The second kappa shape index (κ2) is 6.99. The van der Waals surface area contributed by atoms with Crippen molar-refractivity contribution < 1.29 is 4.74 Å². The first-order chi connectivity index (χ1) is 11.0. The molecule has 1 aromatic heterocycles. The van der Waals surface area contributed by atoms with Crippen molar-refractivity contribution in [2.75, 3.05) is 7.11 Å². The lowest BCUT2D eigenvalue weighted by molar-refractivity contribution is 0.403. The van der Waals surface area contributed by atoms with Crippen LogP contribution < -0.4 is 10.3 Å². The van der Waals surface area contributed by atoms with E-state index in [1.54, 1.807) is 14.2 Å². The van der Waals surface area contributed by atoms with Crippen LogP contribution in [0.2, 0.25) is 0 Å². The fourth-order valence-electron chi connectivity index (χ4n) is 3.13. The minimum atomic E-state index is -0.110. The van der Waals surface area contributed by atoms with Crippen LogP contribution >= 0.6 is 0 Å². The van der Waals surface area contributed by atoms with Gasteiger partial charge in [-0.3, -0.25) is 4.79 Å². The summed E-state index contributed by atoms with van der Waals surface area (Å²) in [7, 11) is 3.31. The van der Waals surface area contributed by atoms with Crippen molar-refractivity contribution in [2.45, 2.75) is 47.0 Å². The third-order valence-electron chi connectivity index (χ3n) is 4.32. The van der Waals surface area contributed by atoms with E-state index in [4.69, 9.17) is 4.74 Å². The maximum atomic E-state index is 12.8. The first-order valence-electron chi connectivity index (χ1n) is 8.25. The summed E-state index contributed by atoms with van der Waals surface area (Å²) in [4.78, 5) is 12.8. The van der Waals surface area contributed by atoms with E-state index in [2.05, 4.69) is 38.0 Å². The van der Waals surface area contributed by atoms with E-state index in [-0.39, 0.29) is 5.56 Å². The number of methoxy groups -OCH3 is 1. The number of benzene rings is 1. The number of aromatic nitrogens is 2. The summed E-state index contributed by atoms with van der Waals surface area (Å²) in [5, 5.41) is 4.35. The van der Waals surface area contributed by atoms with Gasteiger partial charge in [0, 0.05) is 7.05 Å². The predicted molar refractivity (Wildman–Crippen MR) is 94.3 cm³/mol. The molecule has 23 heavy (non-hydrogen) atoms. The normalized spacial score (nSPS) is 10.9. The van der Waals surface area contributed by atoms with Gasteiger partial charge in [0.1, 0.15) is 5.69 Å². The van der Waals surface area contributed by atoms with Gasteiger partial charge in [-0.15, -0.1) is 0 Å². The van der Waals surface area contributed by atoms with Crippen molar-refractivity contribution in [1.82, 2.24) is 9.78 Å². The smallest absolute Gasteiger partial charge is 0.278 e. The van der Waals surface area contributed by atoms with Crippen LogP contribution in [0.1, 0.15) is 43.2 Å². The highest BCUT2D eigenvalue weighted by Crippen LogP contribution is 2.35. The van der Waals surface area contributed by atoms with E-state index in [1.807, 2.05) is 6.92 Å². The topological polar surface area (TPSA) is 44.1 Å². The summed E-state index contributed by atoms with van der Waals surface area (Å²) in [6.45, 7) is 8.36. The molecule has 0 fully saturated rings. The van der Waals surface area contributed by atoms with E-state index in [0.717, 1.165) is 36.1 Å². The quantitative estimate of drug-likeness (QED) is 0.849. The van der Waals surface area contributed by atoms with Gasteiger partial charge in [-0.05, 0) is 48.4 Å². The molecule has 0 aliphatic carbocycles. The number of hydrogen-bond acceptors (Lipinski definition) is 3. The molecule has 4 heteroatoms. The molecule has 1 aromatic carbocycles. The fourth-order valence-corrected chi connectivity index (χ4v) is 3.13. The Morgan fingerprint density at radius 3 is 2.30 bits per heavy atom. The van der Waals surface area contributed by atoms with Gasteiger partial charge >= 0.3 is 0 Å². The predicted octanol–water partition coefficient (Wildman–Crippen LogP) is 3.45. The molecule has 2 aromatic rings. The third kappa shape index (κ3) is 3.03. The van der Waals surface area contributed by atoms with Crippen LogP contribution in [0, 0.1) is 6.92 Å². The molecule has 1 heterocycles. The van der Waals surface area contributed by atoms with Crippen molar-refractivity contribution >= 4 is 0 Å². The maximum absolute atomic E-state index is 12.8. The van der Waals surface area contributed by atoms with Crippen LogP contribution in [0.3, 0.4) is 0 Å². The van der Waals surface area contributed by atoms with E-state index in [1.165, 1.54) is 15.8 Å². The summed E-state index contributed by atoms with van der Waals surface area (Å²) >= 11 is 0. The summed E-state index contributed by atoms with van der Waals surface area (Å²) in [5.74, 6) is 0.609. The molecular weight excluding hydrogens is 288 g/mol. The van der Waals surface area contributed by atoms with Crippen LogP contribution in [-0.2, 0) is 26.3 Å². The van der Waals surface area contributed by atoms with Crippen molar-refractivity contribution in [3.8, 4) is 16.9 Å². The highest BCUT2D eigenvalue weighted by atomic mass is 16.5. The Hall–Kier alpha value is -2.10. The molecule has 0 amide bonds. The molecule has 0 N–H and O–H groups in total. The number of aryl methyl sites for hydroxylation is 5. The molecule has 0 aliphatic heterocycles. The van der Waals surface area contributed by atoms with Gasteiger partial charge in [0.25, 0.3) is 5.56 Å². The van der Waals surface area contributed by atoms with Gasteiger partial charge in [-0.25, -0.2) is 4.68 Å². The van der Waals surface area contributed by atoms with E-state index in [9.17, 15) is 4.79 Å². The number of ether oxygens (including phenoxy) is 1. The summed E-state index contributed by atoms with van der Waals surface area (Å²) in [5.41, 5.74) is 5.93. The Bertz CT molecular complexity index is 776. The third-order valence-corrected chi connectivity index (χ3v) is 4.32. The summed E-state index contributed by atoms with van der Waals surface area (Å²) < 4.78 is 7.01. The number of nitrogens with zero attached hydrogens (tertiary/aromatic N) is 2. The summed E-state index contributed by atoms with van der Waals surface area (Å²) in [6, 6.07) is 4.37. The van der Waals surface area contributed by atoms with Crippen molar-refractivity contribution in [1.29, 1.82) is 0 Å². The molecule has 0 bridgehead atoms. The number of rotatable bonds is 5. The average molecular weight is 314 g/mol. The van der Waals surface area contributed by atoms with Gasteiger partial charge in [-0.1, -0.05) is 32.9 Å².